The van der Waals surface area contributed by atoms with Crippen LogP contribution in [0.4, 0.5) is 5.69 Å². The molecule has 0 aromatic heterocycles. The van der Waals surface area contributed by atoms with E-state index in [1.54, 1.807) is 25.1 Å². The van der Waals surface area contributed by atoms with Crippen LogP contribution in [-0.4, -0.2) is 32.0 Å². The molecule has 0 fully saturated rings. The first-order valence-corrected chi connectivity index (χ1v) is 11.3. The number of amidine groups is 1. The van der Waals surface area contributed by atoms with Gasteiger partial charge >= 0.3 is 10.1 Å². The number of carbonyl (C=O) groups excluding carboxylic acids is 2. The number of hydrogen-bond donors (Lipinski definition) is 2. The molecule has 1 aliphatic heterocycles. The summed E-state index contributed by atoms with van der Waals surface area (Å²) in [5.74, 6) is -0.517. The van der Waals surface area contributed by atoms with Crippen molar-refractivity contribution in [1.29, 1.82) is 0 Å². The van der Waals surface area contributed by atoms with Gasteiger partial charge < -0.3 is 20.0 Å². The molecule has 0 unspecified atom stereocenters. The maximum absolute atomic E-state index is 12.7. The minimum absolute atomic E-state index is 0.00361. The van der Waals surface area contributed by atoms with Crippen molar-refractivity contribution in [3.05, 3.63) is 52.9 Å². The highest BCUT2D eigenvalue weighted by Crippen LogP contribution is 2.33. The van der Waals surface area contributed by atoms with Gasteiger partial charge in [0.05, 0.1) is 11.5 Å². The Balaban J connectivity index is 1.85. The number of amides is 2. The van der Waals surface area contributed by atoms with Crippen molar-refractivity contribution < 1.29 is 26.9 Å². The largest absolute Gasteiger partial charge is 0.490 e. The van der Waals surface area contributed by atoms with Crippen LogP contribution in [0.1, 0.15) is 19.4 Å². The Morgan fingerprint density at radius 2 is 1.90 bits per heavy atom. The second kappa shape index (κ2) is 9.23. The summed E-state index contributed by atoms with van der Waals surface area (Å²) in [4.78, 5) is 26.8. The summed E-state index contributed by atoms with van der Waals surface area (Å²) in [7, 11) is -4.15. The van der Waals surface area contributed by atoms with Gasteiger partial charge in [-0.2, -0.15) is 13.4 Å². The maximum Gasteiger partial charge on any atom is 0.339 e. The van der Waals surface area contributed by atoms with Gasteiger partial charge in [-0.3, -0.25) is 9.59 Å². The number of nitrogens with one attached hydrogen (secondary N) is 1. The molecule has 0 bridgehead atoms. The molecule has 1 aliphatic rings. The average Bonchev–Trinajstić information content (AvgIpc) is 3.00. The number of rotatable bonds is 7. The first-order chi connectivity index (χ1) is 14.7. The van der Waals surface area contributed by atoms with Crippen LogP contribution in [0.5, 0.6) is 11.5 Å². The number of anilines is 1. The number of benzene rings is 2. The highest BCUT2D eigenvalue weighted by atomic mass is 32.2. The van der Waals surface area contributed by atoms with E-state index in [1.807, 2.05) is 0 Å². The highest BCUT2D eigenvalue weighted by Gasteiger charge is 2.22. The molecule has 2 aromatic rings. The number of aliphatic imine (C=N–C) groups is 1. The van der Waals surface area contributed by atoms with Crippen LogP contribution < -0.4 is 20.0 Å². The van der Waals surface area contributed by atoms with E-state index in [1.165, 1.54) is 37.3 Å². The van der Waals surface area contributed by atoms with Gasteiger partial charge in [0, 0.05) is 12.6 Å². The van der Waals surface area contributed by atoms with Gasteiger partial charge in [-0.05, 0) is 66.7 Å². The molecule has 2 amide bonds. The third-order valence-electron chi connectivity index (χ3n) is 3.87. The van der Waals surface area contributed by atoms with Crippen molar-refractivity contribution in [2.75, 3.05) is 11.9 Å². The number of thioether (sulfide) groups is 1. The van der Waals surface area contributed by atoms with Crippen LogP contribution in [0, 0.1) is 0 Å². The lowest BCUT2D eigenvalue weighted by Gasteiger charge is -2.13. The standard InChI is InChI=1S/C20H19N3O6S2/c1-3-28-17-10-13(11-18-19(25)23-20(21)30-18)4-9-16(17)29-31(26,27)15-7-5-14(6-8-15)22-12(2)24/h4-11H,3H2,1-2H3,(H,22,24)(H2,21,23,25). The molecule has 2 aromatic carbocycles. The molecule has 9 nitrogen and oxygen atoms in total. The van der Waals surface area contributed by atoms with Gasteiger partial charge in [-0.15, -0.1) is 0 Å². The van der Waals surface area contributed by atoms with E-state index >= 15 is 0 Å². The Labute approximate surface area is 183 Å². The molecule has 0 spiro atoms. The van der Waals surface area contributed by atoms with Crippen molar-refractivity contribution >= 4 is 50.6 Å². The van der Waals surface area contributed by atoms with E-state index in [-0.39, 0.29) is 34.1 Å². The lowest BCUT2D eigenvalue weighted by molar-refractivity contribution is -0.114. The second-order valence-corrected chi connectivity index (χ2v) is 8.86. The molecule has 0 aliphatic carbocycles. The summed E-state index contributed by atoms with van der Waals surface area (Å²) in [6, 6.07) is 10.2. The summed E-state index contributed by atoms with van der Waals surface area (Å²) in [6.07, 6.45) is 1.58. The monoisotopic (exact) mass is 461 g/mol. The minimum Gasteiger partial charge on any atom is -0.490 e. The predicted molar refractivity (Wildman–Crippen MR) is 118 cm³/mol. The quantitative estimate of drug-likeness (QED) is 0.474. The second-order valence-electron chi connectivity index (χ2n) is 6.25. The summed E-state index contributed by atoms with van der Waals surface area (Å²) in [5, 5.41) is 2.72. The minimum atomic E-state index is -4.15. The fraction of sp³-hybridized carbons (Fsp3) is 0.150. The number of carbonyl (C=O) groups is 2. The zero-order chi connectivity index (χ0) is 22.6. The number of ether oxygens (including phenoxy) is 1. The molecule has 1 heterocycles. The van der Waals surface area contributed by atoms with Crippen LogP contribution in [0.15, 0.2) is 57.3 Å². The molecule has 0 saturated carbocycles. The van der Waals surface area contributed by atoms with Crippen molar-refractivity contribution in [1.82, 2.24) is 0 Å². The molecule has 11 heteroatoms. The molecule has 162 valence electrons. The first-order valence-electron chi connectivity index (χ1n) is 9.05. The lowest BCUT2D eigenvalue weighted by Crippen LogP contribution is -2.11. The zero-order valence-corrected chi connectivity index (χ0v) is 18.2. The van der Waals surface area contributed by atoms with E-state index in [9.17, 15) is 18.0 Å². The van der Waals surface area contributed by atoms with E-state index in [0.717, 1.165) is 11.8 Å². The Hall–Kier alpha value is -3.31. The normalized spacial score (nSPS) is 15.0. The molecular formula is C20H19N3O6S2. The highest BCUT2D eigenvalue weighted by molar-refractivity contribution is 8.18. The molecule has 0 saturated heterocycles. The topological polar surface area (TPSA) is 137 Å². The fourth-order valence-corrected chi connectivity index (χ4v) is 4.22. The summed E-state index contributed by atoms with van der Waals surface area (Å²) in [5.41, 5.74) is 6.60. The molecule has 3 rings (SSSR count). The van der Waals surface area contributed by atoms with Crippen LogP contribution >= 0.6 is 11.8 Å². The Morgan fingerprint density at radius 3 is 2.48 bits per heavy atom. The van der Waals surface area contributed by atoms with Gasteiger partial charge in [0.15, 0.2) is 16.7 Å². The van der Waals surface area contributed by atoms with E-state index in [0.29, 0.717) is 16.2 Å². The van der Waals surface area contributed by atoms with Gasteiger partial charge in [0.2, 0.25) is 5.91 Å². The van der Waals surface area contributed by atoms with Crippen LogP contribution in [0.3, 0.4) is 0 Å². The summed E-state index contributed by atoms with van der Waals surface area (Å²) >= 11 is 1.05. The van der Waals surface area contributed by atoms with Crippen molar-refractivity contribution in [3.8, 4) is 11.5 Å². The fourth-order valence-electron chi connectivity index (χ4n) is 2.60. The predicted octanol–water partition coefficient (Wildman–Crippen LogP) is 2.74. The van der Waals surface area contributed by atoms with Crippen molar-refractivity contribution in [3.63, 3.8) is 0 Å². The van der Waals surface area contributed by atoms with Crippen LogP contribution in [-0.2, 0) is 19.7 Å². The molecule has 3 N–H and O–H groups in total. The SMILES string of the molecule is CCOc1cc(C=C2SC(N)=NC2=O)ccc1OS(=O)(=O)c1ccc(NC(C)=O)cc1. The Morgan fingerprint density at radius 1 is 1.19 bits per heavy atom. The molecule has 31 heavy (non-hydrogen) atoms. The van der Waals surface area contributed by atoms with Gasteiger partial charge in [-0.1, -0.05) is 6.07 Å². The summed E-state index contributed by atoms with van der Waals surface area (Å²) in [6.45, 7) is 3.37. The first kappa shape index (κ1) is 22.4. The lowest BCUT2D eigenvalue weighted by atomic mass is 10.2. The van der Waals surface area contributed by atoms with Gasteiger partial charge in [-0.25, -0.2) is 0 Å². The summed E-state index contributed by atoms with van der Waals surface area (Å²) < 4.78 is 36.2. The van der Waals surface area contributed by atoms with Gasteiger partial charge in [0.25, 0.3) is 5.91 Å². The number of nitrogens with two attached hydrogens (primary N) is 1. The molecular weight excluding hydrogens is 442 g/mol. The average molecular weight is 462 g/mol. The van der Waals surface area contributed by atoms with E-state index in [2.05, 4.69) is 10.3 Å². The van der Waals surface area contributed by atoms with Crippen LogP contribution in [0.25, 0.3) is 6.08 Å². The van der Waals surface area contributed by atoms with E-state index < -0.39 is 16.0 Å². The third kappa shape index (κ3) is 5.64. The number of nitrogens with zero attached hydrogens (tertiary/aromatic N) is 1. The zero-order valence-electron chi connectivity index (χ0n) is 16.6. The van der Waals surface area contributed by atoms with Crippen LogP contribution in [0.2, 0.25) is 0 Å². The molecule has 0 atom stereocenters. The molecule has 0 radical (unpaired) electrons. The Kier molecular flexibility index (Phi) is 6.66. The van der Waals surface area contributed by atoms with Crippen molar-refractivity contribution in [2.24, 2.45) is 10.7 Å². The Bertz CT molecular complexity index is 1190. The maximum atomic E-state index is 12.7. The number of hydrogen-bond acceptors (Lipinski definition) is 8. The van der Waals surface area contributed by atoms with Gasteiger partial charge in [0.1, 0.15) is 4.90 Å². The smallest absolute Gasteiger partial charge is 0.339 e. The van der Waals surface area contributed by atoms with Crippen molar-refractivity contribution in [2.45, 2.75) is 18.7 Å². The van der Waals surface area contributed by atoms with E-state index in [4.69, 9.17) is 14.7 Å². The third-order valence-corrected chi connectivity index (χ3v) is 5.93.